The molecular formula is C16H18N6. The summed E-state index contributed by atoms with van der Waals surface area (Å²) in [5.74, 6) is 2.22. The van der Waals surface area contributed by atoms with Crippen molar-refractivity contribution in [3.63, 3.8) is 0 Å². The van der Waals surface area contributed by atoms with E-state index in [0.29, 0.717) is 17.4 Å². The maximum Gasteiger partial charge on any atom is 0.151 e. The third-order valence-electron chi connectivity index (χ3n) is 4.83. The van der Waals surface area contributed by atoms with Crippen LogP contribution in [0.3, 0.4) is 0 Å². The monoisotopic (exact) mass is 294 g/mol. The van der Waals surface area contributed by atoms with Gasteiger partial charge in [0.15, 0.2) is 5.82 Å². The lowest BCUT2D eigenvalue weighted by molar-refractivity contribution is 0.553. The predicted molar refractivity (Wildman–Crippen MR) is 83.9 cm³/mol. The zero-order valence-electron chi connectivity index (χ0n) is 12.5. The van der Waals surface area contributed by atoms with E-state index in [-0.39, 0.29) is 0 Å². The number of anilines is 3. The number of rotatable bonds is 3. The lowest BCUT2D eigenvalue weighted by Crippen LogP contribution is -2.32. The molecule has 1 aliphatic carbocycles. The van der Waals surface area contributed by atoms with E-state index < -0.39 is 0 Å². The predicted octanol–water partition coefficient (Wildman–Crippen LogP) is 2.42. The van der Waals surface area contributed by atoms with Crippen LogP contribution in [-0.4, -0.2) is 27.4 Å². The summed E-state index contributed by atoms with van der Waals surface area (Å²) in [5, 5.41) is 17.0. The van der Waals surface area contributed by atoms with Gasteiger partial charge in [0, 0.05) is 31.9 Å². The number of piperidine rings is 1. The van der Waals surface area contributed by atoms with E-state index >= 15 is 0 Å². The Morgan fingerprint density at radius 2 is 2.23 bits per heavy atom. The van der Waals surface area contributed by atoms with E-state index in [1.165, 1.54) is 19.3 Å². The van der Waals surface area contributed by atoms with Gasteiger partial charge in [0.05, 0.1) is 11.9 Å². The van der Waals surface area contributed by atoms with Crippen LogP contribution in [0.2, 0.25) is 0 Å². The molecule has 2 aliphatic rings. The highest BCUT2D eigenvalue weighted by Crippen LogP contribution is 2.42. The first-order valence-corrected chi connectivity index (χ1v) is 7.67. The summed E-state index contributed by atoms with van der Waals surface area (Å²) in [6, 6.07) is 6.76. The van der Waals surface area contributed by atoms with E-state index in [0.717, 1.165) is 24.0 Å². The van der Waals surface area contributed by atoms with Crippen molar-refractivity contribution in [1.29, 1.82) is 5.26 Å². The molecule has 1 aliphatic heterocycles. The van der Waals surface area contributed by atoms with Crippen LogP contribution in [0.15, 0.2) is 24.5 Å². The molecule has 2 bridgehead atoms. The molecule has 4 rings (SSSR count). The minimum absolute atomic E-state index is 0.587. The molecule has 0 amide bonds. The van der Waals surface area contributed by atoms with Gasteiger partial charge in [-0.15, -0.1) is 0 Å². The Bertz CT molecular complexity index is 743. The molecule has 2 aromatic heterocycles. The second-order valence-electron chi connectivity index (χ2n) is 6.12. The Kier molecular flexibility index (Phi) is 3.00. The van der Waals surface area contributed by atoms with E-state index in [2.05, 4.69) is 26.4 Å². The smallest absolute Gasteiger partial charge is 0.151 e. The van der Waals surface area contributed by atoms with Crippen LogP contribution < -0.4 is 10.2 Å². The van der Waals surface area contributed by atoms with E-state index in [4.69, 9.17) is 0 Å². The Morgan fingerprint density at radius 3 is 2.86 bits per heavy atom. The number of pyridine rings is 1. The Balaban J connectivity index is 1.70. The summed E-state index contributed by atoms with van der Waals surface area (Å²) in [4.78, 5) is 6.75. The molecule has 2 unspecified atom stereocenters. The second-order valence-corrected chi connectivity index (χ2v) is 6.12. The molecule has 3 heterocycles. The summed E-state index contributed by atoms with van der Waals surface area (Å²) >= 11 is 0. The molecule has 22 heavy (non-hydrogen) atoms. The number of hydrogen-bond acceptors (Lipinski definition) is 5. The topological polar surface area (TPSA) is 69.8 Å². The quantitative estimate of drug-likeness (QED) is 0.941. The highest BCUT2D eigenvalue weighted by atomic mass is 15.3. The van der Waals surface area contributed by atoms with Gasteiger partial charge in [0.25, 0.3) is 0 Å². The van der Waals surface area contributed by atoms with Gasteiger partial charge in [-0.1, -0.05) is 0 Å². The van der Waals surface area contributed by atoms with Crippen molar-refractivity contribution in [2.24, 2.45) is 13.0 Å². The van der Waals surface area contributed by atoms with Gasteiger partial charge in [-0.2, -0.15) is 10.4 Å². The average Bonchev–Trinajstić information content (AvgIpc) is 3.25. The van der Waals surface area contributed by atoms with Crippen LogP contribution >= 0.6 is 0 Å². The van der Waals surface area contributed by atoms with Gasteiger partial charge in [-0.25, -0.2) is 4.98 Å². The molecule has 6 heteroatoms. The molecule has 0 spiro atoms. The molecule has 6 nitrogen and oxygen atoms in total. The van der Waals surface area contributed by atoms with Crippen molar-refractivity contribution in [3.05, 3.63) is 30.1 Å². The summed E-state index contributed by atoms with van der Waals surface area (Å²) in [6.07, 6.45) is 7.33. The maximum atomic E-state index is 9.65. The minimum atomic E-state index is 0.587. The summed E-state index contributed by atoms with van der Waals surface area (Å²) < 4.78 is 1.73. The molecule has 1 N–H and O–H groups in total. The number of aromatic nitrogens is 3. The van der Waals surface area contributed by atoms with Gasteiger partial charge in [0.1, 0.15) is 17.5 Å². The van der Waals surface area contributed by atoms with Crippen LogP contribution in [-0.2, 0) is 7.05 Å². The van der Waals surface area contributed by atoms with Crippen LogP contribution in [0.1, 0.15) is 24.8 Å². The summed E-state index contributed by atoms with van der Waals surface area (Å²) in [6.45, 7) is 1.06. The lowest BCUT2D eigenvalue weighted by Gasteiger charge is -2.30. The fourth-order valence-electron chi connectivity index (χ4n) is 3.73. The van der Waals surface area contributed by atoms with Crippen molar-refractivity contribution in [2.75, 3.05) is 16.8 Å². The Hall–Kier alpha value is -2.55. The van der Waals surface area contributed by atoms with Crippen LogP contribution in [0.25, 0.3) is 0 Å². The molecular weight excluding hydrogens is 276 g/mol. The summed E-state index contributed by atoms with van der Waals surface area (Å²) in [7, 11) is 1.86. The molecule has 1 saturated heterocycles. The molecule has 0 radical (unpaired) electrons. The zero-order chi connectivity index (χ0) is 15.1. The first-order chi connectivity index (χ1) is 10.8. The number of aryl methyl sites for hydroxylation is 1. The number of nitrogens with one attached hydrogen (secondary N) is 1. The maximum absolute atomic E-state index is 9.65. The average molecular weight is 294 g/mol. The van der Waals surface area contributed by atoms with Crippen molar-refractivity contribution in [2.45, 2.75) is 25.3 Å². The fourth-order valence-corrected chi connectivity index (χ4v) is 3.73. The molecule has 2 aromatic rings. The van der Waals surface area contributed by atoms with Crippen LogP contribution in [0.4, 0.5) is 17.3 Å². The first-order valence-electron chi connectivity index (χ1n) is 7.67. The lowest BCUT2D eigenvalue weighted by atomic mass is 10.1. The van der Waals surface area contributed by atoms with E-state index in [1.807, 2.05) is 19.2 Å². The molecule has 1 saturated carbocycles. The highest BCUT2D eigenvalue weighted by Gasteiger charge is 2.38. The van der Waals surface area contributed by atoms with Crippen molar-refractivity contribution in [3.8, 4) is 6.07 Å². The zero-order valence-corrected chi connectivity index (χ0v) is 12.5. The number of fused-ring (bicyclic) bond motifs is 2. The molecule has 2 fully saturated rings. The van der Waals surface area contributed by atoms with Gasteiger partial charge >= 0.3 is 0 Å². The summed E-state index contributed by atoms with van der Waals surface area (Å²) in [5.41, 5.74) is 1.63. The van der Waals surface area contributed by atoms with Gasteiger partial charge in [0.2, 0.25) is 0 Å². The third-order valence-corrected chi connectivity index (χ3v) is 4.83. The number of nitriles is 1. The van der Waals surface area contributed by atoms with Crippen LogP contribution in [0, 0.1) is 17.2 Å². The largest absolute Gasteiger partial charge is 0.367 e. The Morgan fingerprint density at radius 1 is 1.32 bits per heavy atom. The first kappa shape index (κ1) is 13.1. The van der Waals surface area contributed by atoms with E-state index in [9.17, 15) is 5.26 Å². The fraction of sp³-hybridized carbons (Fsp3) is 0.438. The van der Waals surface area contributed by atoms with E-state index in [1.54, 1.807) is 17.1 Å². The SMILES string of the molecule is Cn1nccc1Nc1nccc(N2CC3CCC2C3)c1C#N. The standard InChI is InChI=1S/C16H18N6/c1-21-15(5-7-19-21)20-16-13(9-17)14(4-6-18-16)22-10-11-2-3-12(22)8-11/h4-7,11-12H,2-3,8,10H2,1H3,(H,18,20). The second kappa shape index (κ2) is 5.02. The van der Waals surface area contributed by atoms with Gasteiger partial charge in [-0.3, -0.25) is 4.68 Å². The normalized spacial score (nSPS) is 22.8. The Labute approximate surface area is 129 Å². The number of nitrogens with zero attached hydrogens (tertiary/aromatic N) is 5. The molecule has 0 aromatic carbocycles. The van der Waals surface area contributed by atoms with Gasteiger partial charge in [-0.05, 0) is 31.2 Å². The van der Waals surface area contributed by atoms with Crippen molar-refractivity contribution >= 4 is 17.3 Å². The highest BCUT2D eigenvalue weighted by molar-refractivity contribution is 5.72. The van der Waals surface area contributed by atoms with Crippen molar-refractivity contribution < 1.29 is 0 Å². The minimum Gasteiger partial charge on any atom is -0.367 e. The molecule has 112 valence electrons. The molecule has 2 atom stereocenters. The third kappa shape index (κ3) is 2.01. The van der Waals surface area contributed by atoms with Crippen LogP contribution in [0.5, 0.6) is 0 Å². The van der Waals surface area contributed by atoms with Crippen molar-refractivity contribution in [1.82, 2.24) is 14.8 Å². The number of hydrogen-bond donors (Lipinski definition) is 1. The van der Waals surface area contributed by atoms with Gasteiger partial charge < -0.3 is 10.2 Å².